The summed E-state index contributed by atoms with van der Waals surface area (Å²) in [5.41, 5.74) is 0. The molecule has 0 N–H and O–H groups in total. The van der Waals surface area contributed by atoms with Crippen LogP contribution in [0.5, 0.6) is 0 Å². The van der Waals surface area contributed by atoms with Crippen molar-refractivity contribution in [1.82, 2.24) is 0 Å². The predicted octanol–water partition coefficient (Wildman–Crippen LogP) is 6.31. The third kappa shape index (κ3) is 5.86. The van der Waals surface area contributed by atoms with Gasteiger partial charge in [0.05, 0.1) is 0 Å². The van der Waals surface area contributed by atoms with Crippen LogP contribution in [0.4, 0.5) is 0 Å². The Bertz CT molecular complexity index is 162. The van der Waals surface area contributed by atoms with Gasteiger partial charge in [-0.1, -0.05) is 62.1 Å². The lowest BCUT2D eigenvalue weighted by Gasteiger charge is -2.33. The Morgan fingerprint density at radius 1 is 0.688 bits per heavy atom. The first-order chi connectivity index (χ1) is 7.45. The molecule has 2 heteroatoms. The normalized spacial score (nSPS) is 19.1. The van der Waals surface area contributed by atoms with Crippen molar-refractivity contribution in [3.8, 4) is 0 Å². The number of hydrogen-bond donors (Lipinski definition) is 0. The molecular formula is C14H30S2. The fourth-order valence-electron chi connectivity index (χ4n) is 1.81. The van der Waals surface area contributed by atoms with Crippen LogP contribution in [0, 0.1) is 0 Å². The van der Waals surface area contributed by atoms with Crippen LogP contribution < -0.4 is 0 Å². The highest BCUT2D eigenvalue weighted by Crippen LogP contribution is 2.49. The summed E-state index contributed by atoms with van der Waals surface area (Å²) in [6.07, 6.45) is 7.85. The van der Waals surface area contributed by atoms with Gasteiger partial charge in [-0.2, -0.15) is 0 Å². The standard InChI is InChI=1S/C14H30S2/c1-7-11-13(5,9-3)15-16-14(6,10-4)12-8-2/h7-12H2,1-6H3. The Labute approximate surface area is 111 Å². The fourth-order valence-corrected chi connectivity index (χ4v) is 5.44. The zero-order chi connectivity index (χ0) is 12.7. The maximum Gasteiger partial charge on any atom is 0.0233 e. The van der Waals surface area contributed by atoms with Crippen molar-refractivity contribution in [3.05, 3.63) is 0 Å². The smallest absolute Gasteiger partial charge is 0.0233 e. The van der Waals surface area contributed by atoms with E-state index < -0.39 is 0 Å². The SMILES string of the molecule is CCCC(C)(CC)SSC(C)(CC)CCC. The second-order valence-corrected chi connectivity index (χ2v) is 8.58. The minimum Gasteiger partial charge on any atom is -0.0870 e. The first-order valence-corrected chi connectivity index (χ1v) is 8.97. The minimum atomic E-state index is 0.476. The maximum absolute atomic E-state index is 2.43. The lowest BCUT2D eigenvalue weighted by atomic mass is 10.0. The number of rotatable bonds is 9. The highest BCUT2D eigenvalue weighted by molar-refractivity contribution is 8.77. The van der Waals surface area contributed by atoms with Gasteiger partial charge in [-0.25, -0.2) is 0 Å². The molecule has 0 amide bonds. The second kappa shape index (κ2) is 7.92. The van der Waals surface area contributed by atoms with Crippen LogP contribution in [0.1, 0.15) is 80.1 Å². The average molecular weight is 263 g/mol. The lowest BCUT2D eigenvalue weighted by molar-refractivity contribution is 0.556. The molecule has 0 nitrogen and oxygen atoms in total. The topological polar surface area (TPSA) is 0 Å². The Morgan fingerprint density at radius 3 is 1.19 bits per heavy atom. The summed E-state index contributed by atoms with van der Waals surface area (Å²) in [5, 5.41) is 0. The summed E-state index contributed by atoms with van der Waals surface area (Å²) in [5.74, 6) is 0. The van der Waals surface area contributed by atoms with Gasteiger partial charge in [0.25, 0.3) is 0 Å². The zero-order valence-corrected chi connectivity index (χ0v) is 13.7. The van der Waals surface area contributed by atoms with E-state index in [1.165, 1.54) is 38.5 Å². The van der Waals surface area contributed by atoms with E-state index >= 15 is 0 Å². The second-order valence-electron chi connectivity index (χ2n) is 5.27. The molecule has 0 aromatic heterocycles. The molecule has 0 aromatic rings. The summed E-state index contributed by atoms with van der Waals surface area (Å²) in [4.78, 5) is 0. The molecule has 0 fully saturated rings. The summed E-state index contributed by atoms with van der Waals surface area (Å²) >= 11 is 0. The van der Waals surface area contributed by atoms with Gasteiger partial charge < -0.3 is 0 Å². The van der Waals surface area contributed by atoms with Crippen molar-refractivity contribution < 1.29 is 0 Å². The zero-order valence-electron chi connectivity index (χ0n) is 12.1. The van der Waals surface area contributed by atoms with Crippen LogP contribution >= 0.6 is 21.6 Å². The number of hydrogen-bond acceptors (Lipinski definition) is 2. The van der Waals surface area contributed by atoms with Crippen molar-refractivity contribution in [3.63, 3.8) is 0 Å². The van der Waals surface area contributed by atoms with Crippen LogP contribution in [0.25, 0.3) is 0 Å². The molecule has 98 valence electrons. The van der Waals surface area contributed by atoms with Gasteiger partial charge >= 0.3 is 0 Å². The maximum atomic E-state index is 2.43. The van der Waals surface area contributed by atoms with Gasteiger partial charge in [-0.05, 0) is 39.5 Å². The van der Waals surface area contributed by atoms with Gasteiger partial charge in [-0.15, -0.1) is 0 Å². The quantitative estimate of drug-likeness (QED) is 0.447. The molecule has 0 heterocycles. The Kier molecular flexibility index (Phi) is 8.26. The summed E-state index contributed by atoms with van der Waals surface area (Å²) in [6.45, 7) is 14.1. The minimum absolute atomic E-state index is 0.476. The van der Waals surface area contributed by atoms with Crippen molar-refractivity contribution >= 4 is 21.6 Å². The average Bonchev–Trinajstić information content (AvgIpc) is 2.27. The molecule has 0 aliphatic rings. The molecule has 0 rings (SSSR count). The van der Waals surface area contributed by atoms with Gasteiger partial charge in [0, 0.05) is 9.49 Å². The van der Waals surface area contributed by atoms with Crippen LogP contribution in [0.2, 0.25) is 0 Å². The molecule has 0 radical (unpaired) electrons. The van der Waals surface area contributed by atoms with E-state index in [0.717, 1.165) is 0 Å². The lowest BCUT2D eigenvalue weighted by Crippen LogP contribution is -2.22. The predicted molar refractivity (Wildman–Crippen MR) is 82.4 cm³/mol. The molecule has 0 aliphatic carbocycles. The molecule has 16 heavy (non-hydrogen) atoms. The molecule has 0 spiro atoms. The van der Waals surface area contributed by atoms with E-state index in [-0.39, 0.29) is 0 Å². The van der Waals surface area contributed by atoms with Crippen molar-refractivity contribution in [2.24, 2.45) is 0 Å². The summed E-state index contributed by atoms with van der Waals surface area (Å²) in [6, 6.07) is 0. The molecular weight excluding hydrogens is 232 g/mol. The van der Waals surface area contributed by atoms with Gasteiger partial charge in [0.1, 0.15) is 0 Å². The van der Waals surface area contributed by atoms with E-state index in [2.05, 4.69) is 63.1 Å². The highest BCUT2D eigenvalue weighted by Gasteiger charge is 2.28. The van der Waals surface area contributed by atoms with Gasteiger partial charge in [0.2, 0.25) is 0 Å². The van der Waals surface area contributed by atoms with E-state index in [9.17, 15) is 0 Å². The monoisotopic (exact) mass is 262 g/mol. The van der Waals surface area contributed by atoms with Crippen molar-refractivity contribution in [2.45, 2.75) is 89.6 Å². The molecule has 0 aliphatic heterocycles. The first kappa shape index (κ1) is 16.7. The summed E-state index contributed by atoms with van der Waals surface area (Å²) < 4.78 is 0.952. The molecule has 0 bridgehead atoms. The third-order valence-corrected chi connectivity index (χ3v) is 8.04. The van der Waals surface area contributed by atoms with E-state index in [0.29, 0.717) is 9.49 Å². The van der Waals surface area contributed by atoms with Crippen LogP contribution in [0.15, 0.2) is 0 Å². The van der Waals surface area contributed by atoms with E-state index in [1.807, 2.05) is 0 Å². The Hall–Kier alpha value is 0.700. The van der Waals surface area contributed by atoms with Gasteiger partial charge in [0.15, 0.2) is 0 Å². The van der Waals surface area contributed by atoms with Crippen molar-refractivity contribution in [2.75, 3.05) is 0 Å². The van der Waals surface area contributed by atoms with E-state index in [4.69, 9.17) is 0 Å². The molecule has 0 saturated heterocycles. The molecule has 2 unspecified atom stereocenters. The molecule has 2 atom stereocenters. The van der Waals surface area contributed by atoms with Crippen LogP contribution in [-0.2, 0) is 0 Å². The fraction of sp³-hybridized carbons (Fsp3) is 1.00. The third-order valence-electron chi connectivity index (χ3n) is 3.50. The van der Waals surface area contributed by atoms with Crippen LogP contribution in [0.3, 0.4) is 0 Å². The van der Waals surface area contributed by atoms with Crippen molar-refractivity contribution in [1.29, 1.82) is 0 Å². The van der Waals surface area contributed by atoms with E-state index in [1.54, 1.807) is 0 Å². The molecule has 0 saturated carbocycles. The first-order valence-electron chi connectivity index (χ1n) is 6.82. The Balaban J connectivity index is 4.26. The van der Waals surface area contributed by atoms with Gasteiger partial charge in [-0.3, -0.25) is 0 Å². The largest absolute Gasteiger partial charge is 0.0870 e. The van der Waals surface area contributed by atoms with Crippen LogP contribution in [-0.4, -0.2) is 9.49 Å². The summed E-state index contributed by atoms with van der Waals surface area (Å²) in [7, 11) is 4.27. The Morgan fingerprint density at radius 2 is 1.00 bits per heavy atom. The highest BCUT2D eigenvalue weighted by atomic mass is 33.1. The molecule has 0 aromatic carbocycles.